The predicted molar refractivity (Wildman–Crippen MR) is 96.4 cm³/mol. The molecule has 0 spiro atoms. The van der Waals surface area contributed by atoms with E-state index in [0.29, 0.717) is 17.3 Å². The minimum Gasteiger partial charge on any atom is -0.324 e. The minimum absolute atomic E-state index is 0.0291. The van der Waals surface area contributed by atoms with Crippen molar-refractivity contribution in [2.75, 3.05) is 16.8 Å². The van der Waals surface area contributed by atoms with E-state index in [9.17, 15) is 9.59 Å². The second-order valence-corrected chi connectivity index (χ2v) is 6.30. The van der Waals surface area contributed by atoms with Crippen LogP contribution in [0.4, 0.5) is 11.4 Å². The summed E-state index contributed by atoms with van der Waals surface area (Å²) in [5.74, 6) is -0.581. The molecule has 2 amide bonds. The van der Waals surface area contributed by atoms with Crippen LogP contribution in [0.1, 0.15) is 18.9 Å². The number of carbonyl (C=O) groups is 2. The Balaban J connectivity index is 1.69. The van der Waals surface area contributed by atoms with E-state index in [1.165, 1.54) is 5.56 Å². The summed E-state index contributed by atoms with van der Waals surface area (Å²) in [6, 6.07) is 15.0. The van der Waals surface area contributed by atoms with Gasteiger partial charge in [0, 0.05) is 18.7 Å². The van der Waals surface area contributed by atoms with E-state index in [1.807, 2.05) is 30.3 Å². The molecule has 1 aliphatic rings. The van der Waals surface area contributed by atoms with Crippen LogP contribution in [0.25, 0.3) is 0 Å². The molecule has 1 fully saturated rings. The van der Waals surface area contributed by atoms with Gasteiger partial charge < -0.3 is 10.2 Å². The molecule has 0 aromatic heterocycles. The number of nitrogens with one attached hydrogen (secondary N) is 1. The highest BCUT2D eigenvalue weighted by Crippen LogP contribution is 2.27. The topological polar surface area (TPSA) is 49.4 Å². The number of rotatable bonds is 4. The van der Waals surface area contributed by atoms with E-state index in [0.717, 1.165) is 12.1 Å². The number of amides is 2. The van der Waals surface area contributed by atoms with Crippen LogP contribution < -0.4 is 10.2 Å². The van der Waals surface area contributed by atoms with Crippen LogP contribution in [0.3, 0.4) is 0 Å². The van der Waals surface area contributed by atoms with Gasteiger partial charge in [-0.2, -0.15) is 0 Å². The number of para-hydroxylation sites is 1. The molecular formula is C19H19ClN2O2. The first-order chi connectivity index (χ1) is 11.6. The second-order valence-electron chi connectivity index (χ2n) is 5.89. The molecule has 24 heavy (non-hydrogen) atoms. The Morgan fingerprint density at radius 2 is 1.92 bits per heavy atom. The van der Waals surface area contributed by atoms with Crippen molar-refractivity contribution in [2.24, 2.45) is 5.92 Å². The summed E-state index contributed by atoms with van der Waals surface area (Å²) in [5.41, 5.74) is 2.63. The van der Waals surface area contributed by atoms with Crippen molar-refractivity contribution in [1.82, 2.24) is 0 Å². The number of hydrogen-bond acceptors (Lipinski definition) is 2. The Morgan fingerprint density at radius 3 is 2.58 bits per heavy atom. The summed E-state index contributed by atoms with van der Waals surface area (Å²) >= 11 is 6.06. The lowest BCUT2D eigenvalue weighted by Gasteiger charge is -2.17. The van der Waals surface area contributed by atoms with Crippen LogP contribution in [0.2, 0.25) is 5.02 Å². The van der Waals surface area contributed by atoms with Crippen LogP contribution in [0.5, 0.6) is 0 Å². The van der Waals surface area contributed by atoms with Gasteiger partial charge in [-0.15, -0.1) is 0 Å². The van der Waals surface area contributed by atoms with Crippen molar-refractivity contribution in [3.8, 4) is 0 Å². The van der Waals surface area contributed by atoms with Crippen molar-refractivity contribution < 1.29 is 9.59 Å². The van der Waals surface area contributed by atoms with E-state index in [-0.39, 0.29) is 24.2 Å². The highest BCUT2D eigenvalue weighted by molar-refractivity contribution is 6.33. The smallest absolute Gasteiger partial charge is 0.229 e. The molecule has 1 atom stereocenters. The maximum absolute atomic E-state index is 12.4. The van der Waals surface area contributed by atoms with Gasteiger partial charge in [0.2, 0.25) is 11.8 Å². The molecule has 1 unspecified atom stereocenters. The maximum atomic E-state index is 12.4. The third-order valence-electron chi connectivity index (χ3n) is 4.28. The summed E-state index contributed by atoms with van der Waals surface area (Å²) < 4.78 is 0. The zero-order valence-electron chi connectivity index (χ0n) is 13.5. The van der Waals surface area contributed by atoms with Crippen LogP contribution in [0, 0.1) is 5.92 Å². The number of nitrogens with zero attached hydrogens (tertiary/aromatic N) is 1. The third-order valence-corrected chi connectivity index (χ3v) is 4.61. The molecule has 0 bridgehead atoms. The molecular weight excluding hydrogens is 324 g/mol. The second kappa shape index (κ2) is 7.05. The summed E-state index contributed by atoms with van der Waals surface area (Å²) in [7, 11) is 0. The van der Waals surface area contributed by atoms with Crippen LogP contribution in [0.15, 0.2) is 48.5 Å². The van der Waals surface area contributed by atoms with E-state index in [4.69, 9.17) is 11.6 Å². The minimum atomic E-state index is -0.375. The lowest BCUT2D eigenvalue weighted by molar-refractivity contribution is -0.122. The monoisotopic (exact) mass is 342 g/mol. The van der Waals surface area contributed by atoms with Gasteiger partial charge in [-0.05, 0) is 36.2 Å². The van der Waals surface area contributed by atoms with Crippen molar-refractivity contribution in [1.29, 1.82) is 0 Å². The Bertz CT molecular complexity index is 758. The molecule has 3 rings (SSSR count). The SMILES string of the molecule is CCc1ccc(N2CC(C(=O)Nc3ccccc3Cl)CC2=O)cc1. The molecule has 1 aliphatic heterocycles. The molecule has 4 nitrogen and oxygen atoms in total. The van der Waals surface area contributed by atoms with Crippen molar-refractivity contribution in [3.05, 3.63) is 59.1 Å². The van der Waals surface area contributed by atoms with Gasteiger partial charge in [0.1, 0.15) is 0 Å². The molecule has 0 radical (unpaired) electrons. The van der Waals surface area contributed by atoms with Crippen LogP contribution in [-0.2, 0) is 16.0 Å². The number of halogens is 1. The van der Waals surface area contributed by atoms with Crippen molar-refractivity contribution in [2.45, 2.75) is 19.8 Å². The molecule has 124 valence electrons. The molecule has 5 heteroatoms. The fourth-order valence-corrected chi connectivity index (χ4v) is 3.02. The van der Waals surface area contributed by atoms with Gasteiger partial charge in [0.15, 0.2) is 0 Å². The number of hydrogen-bond donors (Lipinski definition) is 1. The van der Waals surface area contributed by atoms with E-state index in [1.54, 1.807) is 23.1 Å². The fourth-order valence-electron chi connectivity index (χ4n) is 2.84. The third kappa shape index (κ3) is 3.44. The van der Waals surface area contributed by atoms with Crippen molar-refractivity contribution in [3.63, 3.8) is 0 Å². The van der Waals surface area contributed by atoms with Gasteiger partial charge >= 0.3 is 0 Å². The van der Waals surface area contributed by atoms with Gasteiger partial charge in [-0.25, -0.2) is 0 Å². The fraction of sp³-hybridized carbons (Fsp3) is 0.263. The van der Waals surface area contributed by atoms with E-state index in [2.05, 4.69) is 12.2 Å². The van der Waals surface area contributed by atoms with Gasteiger partial charge in [-0.3, -0.25) is 9.59 Å². The molecule has 1 heterocycles. The van der Waals surface area contributed by atoms with E-state index >= 15 is 0 Å². The first-order valence-corrected chi connectivity index (χ1v) is 8.41. The van der Waals surface area contributed by atoms with Crippen molar-refractivity contribution >= 4 is 34.8 Å². The average Bonchev–Trinajstić information content (AvgIpc) is 2.99. The number of benzene rings is 2. The normalized spacial score (nSPS) is 17.2. The molecule has 1 saturated heterocycles. The lowest BCUT2D eigenvalue weighted by Crippen LogP contribution is -2.28. The Kier molecular flexibility index (Phi) is 4.86. The number of anilines is 2. The average molecular weight is 343 g/mol. The molecule has 0 aliphatic carbocycles. The summed E-state index contributed by atoms with van der Waals surface area (Å²) in [6.07, 6.45) is 1.17. The van der Waals surface area contributed by atoms with Gasteiger partial charge in [0.25, 0.3) is 0 Å². The summed E-state index contributed by atoms with van der Waals surface area (Å²) in [5, 5.41) is 3.30. The first kappa shape index (κ1) is 16.5. The Labute approximate surface area is 146 Å². The highest BCUT2D eigenvalue weighted by Gasteiger charge is 2.35. The van der Waals surface area contributed by atoms with E-state index < -0.39 is 0 Å². The first-order valence-electron chi connectivity index (χ1n) is 8.03. The van der Waals surface area contributed by atoms with Crippen LogP contribution in [-0.4, -0.2) is 18.4 Å². The Hall–Kier alpha value is -2.33. The summed E-state index contributed by atoms with van der Waals surface area (Å²) in [6.45, 7) is 2.48. The molecule has 0 saturated carbocycles. The standard InChI is InChI=1S/C19H19ClN2O2/c1-2-13-7-9-15(10-8-13)22-12-14(11-18(22)23)19(24)21-17-6-4-3-5-16(17)20/h3-10,14H,2,11-12H2,1H3,(H,21,24). The molecule has 2 aromatic rings. The maximum Gasteiger partial charge on any atom is 0.229 e. The summed E-state index contributed by atoms with van der Waals surface area (Å²) in [4.78, 5) is 26.4. The number of aryl methyl sites for hydroxylation is 1. The zero-order valence-corrected chi connectivity index (χ0v) is 14.2. The van der Waals surface area contributed by atoms with Gasteiger partial charge in [-0.1, -0.05) is 42.8 Å². The molecule has 2 aromatic carbocycles. The largest absolute Gasteiger partial charge is 0.324 e. The van der Waals surface area contributed by atoms with Gasteiger partial charge in [0.05, 0.1) is 16.6 Å². The zero-order chi connectivity index (χ0) is 17.1. The number of carbonyl (C=O) groups excluding carboxylic acids is 2. The Morgan fingerprint density at radius 1 is 1.21 bits per heavy atom. The quantitative estimate of drug-likeness (QED) is 0.916. The highest BCUT2D eigenvalue weighted by atomic mass is 35.5. The predicted octanol–water partition coefficient (Wildman–Crippen LogP) is 3.89. The van der Waals surface area contributed by atoms with Crippen LogP contribution >= 0.6 is 11.6 Å². The lowest BCUT2D eigenvalue weighted by atomic mass is 10.1. The molecule has 1 N–H and O–H groups in total.